The van der Waals surface area contributed by atoms with Crippen LogP contribution in [0.1, 0.15) is 0 Å². The predicted molar refractivity (Wildman–Crippen MR) is 72.8 cm³/mol. The standard InChI is InChI=1S/C16H10F2N2.2ClH.Pt/c17-13-10-14(18)12(16-6-2-4-8-20-16)9-11(13)15-5-1-3-7-19-15;;;/h1-10H;2*1H;/q;;;+2/p-2. The van der Waals surface area contributed by atoms with Crippen molar-refractivity contribution >= 4 is 0 Å². The Morgan fingerprint density at radius 3 is 1.43 bits per heavy atom. The third-order valence-corrected chi connectivity index (χ3v) is 2.94. The molecule has 0 aliphatic carbocycles. The van der Waals surface area contributed by atoms with Gasteiger partial charge in [0.25, 0.3) is 0 Å². The molecule has 0 saturated heterocycles. The van der Waals surface area contributed by atoms with Crippen LogP contribution in [0.3, 0.4) is 0 Å². The summed E-state index contributed by atoms with van der Waals surface area (Å²) in [5.74, 6) is -1.28. The van der Waals surface area contributed by atoms with Crippen molar-refractivity contribution in [1.82, 2.24) is 9.97 Å². The molecule has 0 saturated carbocycles. The summed E-state index contributed by atoms with van der Waals surface area (Å²) >= 11 is 0. The van der Waals surface area contributed by atoms with Gasteiger partial charge >= 0.3 is 21.1 Å². The molecule has 0 bridgehead atoms. The van der Waals surface area contributed by atoms with E-state index in [1.807, 2.05) is 0 Å². The van der Waals surface area contributed by atoms with E-state index >= 15 is 0 Å². The summed E-state index contributed by atoms with van der Waals surface area (Å²) in [4.78, 5) is 8.18. The van der Waals surface area contributed by atoms with Crippen LogP contribution < -0.4 is 24.8 Å². The molecule has 2 nitrogen and oxygen atoms in total. The summed E-state index contributed by atoms with van der Waals surface area (Å²) < 4.78 is 27.9. The van der Waals surface area contributed by atoms with E-state index in [0.717, 1.165) is 6.07 Å². The first-order chi connectivity index (χ1) is 9.75. The maximum Gasteiger partial charge on any atom is 2.00 e. The number of halogens is 4. The van der Waals surface area contributed by atoms with Crippen LogP contribution in [0.15, 0.2) is 60.9 Å². The monoisotopic (exact) mass is 533 g/mol. The summed E-state index contributed by atoms with van der Waals surface area (Å²) in [5.41, 5.74) is 1.43. The zero-order valence-corrected chi connectivity index (χ0v) is 15.3. The number of rotatable bonds is 2. The van der Waals surface area contributed by atoms with Crippen molar-refractivity contribution in [2.24, 2.45) is 0 Å². The molecule has 7 heteroatoms. The van der Waals surface area contributed by atoms with Crippen LogP contribution in [0.25, 0.3) is 22.5 Å². The first-order valence-electron chi connectivity index (χ1n) is 6.07. The fraction of sp³-hybridized carbons (Fsp3) is 0. The Morgan fingerprint density at radius 1 is 0.652 bits per heavy atom. The van der Waals surface area contributed by atoms with Gasteiger partial charge in [-0.3, -0.25) is 9.97 Å². The van der Waals surface area contributed by atoms with E-state index in [-0.39, 0.29) is 57.0 Å². The minimum atomic E-state index is -0.638. The van der Waals surface area contributed by atoms with Crippen molar-refractivity contribution in [2.75, 3.05) is 0 Å². The molecule has 3 rings (SSSR count). The summed E-state index contributed by atoms with van der Waals surface area (Å²) in [6, 6.07) is 12.7. The average Bonchev–Trinajstić information content (AvgIpc) is 2.49. The fourth-order valence-corrected chi connectivity index (χ4v) is 1.99. The summed E-state index contributed by atoms with van der Waals surface area (Å²) in [6.45, 7) is 0. The van der Waals surface area contributed by atoms with E-state index in [1.165, 1.54) is 6.07 Å². The number of hydrogen-bond donors (Lipinski definition) is 0. The second kappa shape index (κ2) is 9.71. The molecular weight excluding hydrogens is 524 g/mol. The van der Waals surface area contributed by atoms with Gasteiger partial charge < -0.3 is 24.8 Å². The van der Waals surface area contributed by atoms with Crippen molar-refractivity contribution in [3.8, 4) is 22.5 Å². The maximum absolute atomic E-state index is 13.9. The van der Waals surface area contributed by atoms with Gasteiger partial charge in [-0.25, -0.2) is 8.78 Å². The zero-order chi connectivity index (χ0) is 13.9. The molecule has 2 aromatic heterocycles. The Morgan fingerprint density at radius 2 is 1.09 bits per heavy atom. The summed E-state index contributed by atoms with van der Waals surface area (Å²) in [5, 5.41) is 0. The first kappa shape index (κ1) is 21.6. The summed E-state index contributed by atoms with van der Waals surface area (Å²) in [7, 11) is 0. The van der Waals surface area contributed by atoms with Crippen molar-refractivity contribution in [3.05, 3.63) is 72.6 Å². The molecule has 0 amide bonds. The molecule has 0 aliphatic heterocycles. The topological polar surface area (TPSA) is 25.8 Å². The molecule has 0 aliphatic rings. The van der Waals surface area contributed by atoms with Gasteiger partial charge in [0.15, 0.2) is 0 Å². The summed E-state index contributed by atoms with van der Waals surface area (Å²) in [6.07, 6.45) is 3.14. The van der Waals surface area contributed by atoms with Crippen LogP contribution in [0.2, 0.25) is 0 Å². The van der Waals surface area contributed by atoms with Gasteiger partial charge in [0.05, 0.1) is 11.4 Å². The van der Waals surface area contributed by atoms with Crippen LogP contribution in [-0.4, -0.2) is 9.97 Å². The van der Waals surface area contributed by atoms with Gasteiger partial charge in [0.2, 0.25) is 0 Å². The van der Waals surface area contributed by atoms with Gasteiger partial charge in [0, 0.05) is 29.6 Å². The molecule has 0 radical (unpaired) electrons. The van der Waals surface area contributed by atoms with Gasteiger partial charge in [-0.1, -0.05) is 12.1 Å². The Bertz CT molecular complexity index is 683. The largest absolute Gasteiger partial charge is 2.00 e. The van der Waals surface area contributed by atoms with E-state index in [9.17, 15) is 8.78 Å². The minimum absolute atomic E-state index is 0. The number of hydrogen-bond acceptors (Lipinski definition) is 2. The van der Waals surface area contributed by atoms with Crippen molar-refractivity contribution in [2.45, 2.75) is 0 Å². The number of nitrogens with zero attached hydrogens (tertiary/aromatic N) is 2. The molecule has 0 fully saturated rings. The van der Waals surface area contributed by atoms with Gasteiger partial charge in [-0.15, -0.1) is 0 Å². The van der Waals surface area contributed by atoms with Crippen LogP contribution in [0.5, 0.6) is 0 Å². The molecule has 2 heterocycles. The van der Waals surface area contributed by atoms with E-state index in [2.05, 4.69) is 9.97 Å². The van der Waals surface area contributed by atoms with Gasteiger partial charge in [0.1, 0.15) is 11.6 Å². The SMILES string of the molecule is Fc1cc(F)c(-c2ccccn2)cc1-c1ccccn1.[Cl-].[Cl-].[Pt+2]. The Kier molecular flexibility index (Phi) is 9.14. The van der Waals surface area contributed by atoms with Crippen molar-refractivity contribution in [3.63, 3.8) is 0 Å². The van der Waals surface area contributed by atoms with Crippen LogP contribution in [0, 0.1) is 11.6 Å². The number of pyridine rings is 2. The zero-order valence-electron chi connectivity index (χ0n) is 11.5. The second-order valence-corrected chi connectivity index (χ2v) is 4.24. The number of benzene rings is 1. The van der Waals surface area contributed by atoms with Crippen molar-refractivity contribution < 1.29 is 54.7 Å². The third-order valence-electron chi connectivity index (χ3n) is 2.94. The van der Waals surface area contributed by atoms with E-state index in [0.29, 0.717) is 11.4 Å². The van der Waals surface area contributed by atoms with Crippen LogP contribution >= 0.6 is 0 Å². The Hall–Kier alpha value is -1.35. The molecular formula is C16H10Cl2F2N2Pt. The van der Waals surface area contributed by atoms with E-state index in [4.69, 9.17) is 0 Å². The molecule has 3 aromatic rings. The first-order valence-corrected chi connectivity index (χ1v) is 6.07. The Labute approximate surface area is 159 Å². The maximum atomic E-state index is 13.9. The molecule has 0 spiro atoms. The molecule has 23 heavy (non-hydrogen) atoms. The third kappa shape index (κ3) is 4.81. The molecule has 0 N–H and O–H groups in total. The predicted octanol–water partition coefficient (Wildman–Crippen LogP) is -1.91. The van der Waals surface area contributed by atoms with Crippen LogP contribution in [-0.2, 0) is 21.1 Å². The van der Waals surface area contributed by atoms with Gasteiger partial charge in [-0.2, -0.15) is 0 Å². The van der Waals surface area contributed by atoms with Gasteiger partial charge in [-0.05, 0) is 30.3 Å². The Balaban J connectivity index is 0.00000161. The molecule has 122 valence electrons. The smallest absolute Gasteiger partial charge is 1.00 e. The molecule has 0 unspecified atom stereocenters. The van der Waals surface area contributed by atoms with Crippen molar-refractivity contribution in [1.29, 1.82) is 0 Å². The van der Waals surface area contributed by atoms with Crippen LogP contribution in [0.4, 0.5) is 8.78 Å². The molecule has 0 atom stereocenters. The quantitative estimate of drug-likeness (QED) is 0.384. The second-order valence-electron chi connectivity index (χ2n) is 4.24. The fourth-order valence-electron chi connectivity index (χ4n) is 1.99. The van der Waals surface area contributed by atoms with E-state index < -0.39 is 11.6 Å². The normalized spacial score (nSPS) is 9.13. The average molecular weight is 534 g/mol. The van der Waals surface area contributed by atoms with E-state index in [1.54, 1.807) is 48.8 Å². The number of aromatic nitrogens is 2. The minimum Gasteiger partial charge on any atom is -1.00 e. The molecule has 1 aromatic carbocycles.